The summed E-state index contributed by atoms with van der Waals surface area (Å²) >= 11 is 5.76. The number of ether oxygens (including phenoxy) is 2. The molecule has 0 bridgehead atoms. The van der Waals surface area contributed by atoms with E-state index >= 15 is 0 Å². The van der Waals surface area contributed by atoms with Crippen LogP contribution < -0.4 is 15.0 Å². The maximum Gasteiger partial charge on any atom is 0.337 e. The maximum absolute atomic E-state index is 11.8. The largest absolute Gasteiger partial charge is 0.497 e. The number of rotatable bonds is 6. The van der Waals surface area contributed by atoms with Crippen molar-refractivity contribution < 1.29 is 18.7 Å². The standard InChI is InChI=1S/C27H23N3O4S/c1-32-20-12-10-19(11-13-20)30-25(24(29-27(30)35)21-5-3-4-16-28-21)23-15-14-22(34-23)17-6-8-18(9-7-17)26(31)33-2/h3-16,24-25H,1-2H3,(H,29,35)/t24-,25+/m1/s1. The van der Waals surface area contributed by atoms with Crippen LogP contribution in [0.2, 0.25) is 0 Å². The number of pyridine rings is 1. The highest BCUT2D eigenvalue weighted by atomic mass is 32.1. The van der Waals surface area contributed by atoms with Gasteiger partial charge in [-0.2, -0.15) is 0 Å². The minimum Gasteiger partial charge on any atom is -0.497 e. The third-order valence-electron chi connectivity index (χ3n) is 5.96. The highest BCUT2D eigenvalue weighted by molar-refractivity contribution is 7.80. The molecule has 1 N–H and O–H groups in total. The lowest BCUT2D eigenvalue weighted by molar-refractivity contribution is 0.0600. The van der Waals surface area contributed by atoms with Gasteiger partial charge in [0.05, 0.1) is 31.5 Å². The van der Waals surface area contributed by atoms with Gasteiger partial charge in [0.15, 0.2) is 5.11 Å². The third-order valence-corrected chi connectivity index (χ3v) is 6.27. The lowest BCUT2D eigenvalue weighted by Crippen LogP contribution is -2.29. The third kappa shape index (κ3) is 4.36. The number of anilines is 1. The molecule has 0 radical (unpaired) electrons. The molecule has 1 saturated heterocycles. The Morgan fingerprint density at radius 3 is 2.43 bits per heavy atom. The van der Waals surface area contributed by atoms with Crippen LogP contribution in [0.4, 0.5) is 5.69 Å². The van der Waals surface area contributed by atoms with Crippen molar-refractivity contribution in [2.45, 2.75) is 12.1 Å². The molecule has 8 heteroatoms. The number of benzene rings is 2. The molecule has 0 saturated carbocycles. The maximum atomic E-state index is 11.8. The number of thiocarbonyl (C=S) groups is 1. The van der Waals surface area contributed by atoms with Gasteiger partial charge in [0.25, 0.3) is 0 Å². The van der Waals surface area contributed by atoms with E-state index in [-0.39, 0.29) is 18.1 Å². The fourth-order valence-electron chi connectivity index (χ4n) is 4.22. The van der Waals surface area contributed by atoms with Gasteiger partial charge < -0.3 is 24.1 Å². The number of hydrogen-bond donors (Lipinski definition) is 1. The molecule has 1 aliphatic heterocycles. The van der Waals surface area contributed by atoms with Crippen LogP contribution in [-0.2, 0) is 4.74 Å². The first-order chi connectivity index (χ1) is 17.1. The molecule has 0 unspecified atom stereocenters. The van der Waals surface area contributed by atoms with E-state index in [0.717, 1.165) is 28.5 Å². The number of hydrogen-bond acceptors (Lipinski definition) is 6. The topological polar surface area (TPSA) is 76.8 Å². The summed E-state index contributed by atoms with van der Waals surface area (Å²) in [5.74, 6) is 1.80. The van der Waals surface area contributed by atoms with Crippen molar-refractivity contribution in [3.63, 3.8) is 0 Å². The fraction of sp³-hybridized carbons (Fsp3) is 0.148. The Labute approximate surface area is 208 Å². The van der Waals surface area contributed by atoms with E-state index in [2.05, 4.69) is 10.3 Å². The van der Waals surface area contributed by atoms with Crippen LogP contribution in [0.25, 0.3) is 11.3 Å². The van der Waals surface area contributed by atoms with Crippen LogP contribution in [0.1, 0.15) is 33.9 Å². The zero-order valence-electron chi connectivity index (χ0n) is 19.2. The average molecular weight is 486 g/mol. The number of esters is 1. The first-order valence-electron chi connectivity index (χ1n) is 11.0. The molecule has 2 aromatic carbocycles. The van der Waals surface area contributed by atoms with Crippen LogP contribution >= 0.6 is 12.2 Å². The van der Waals surface area contributed by atoms with Gasteiger partial charge in [-0.25, -0.2) is 4.79 Å². The van der Waals surface area contributed by atoms with Gasteiger partial charge in [-0.15, -0.1) is 0 Å². The second-order valence-electron chi connectivity index (χ2n) is 7.97. The average Bonchev–Trinajstić information content (AvgIpc) is 3.53. The molecule has 0 spiro atoms. The SMILES string of the molecule is COC(=O)c1ccc(-c2ccc([C@H]3[C@@H](c4ccccn4)NC(=S)N3c3ccc(OC)cc3)o2)cc1. The number of nitrogens with zero attached hydrogens (tertiary/aromatic N) is 2. The predicted molar refractivity (Wildman–Crippen MR) is 136 cm³/mol. The molecule has 4 aromatic rings. The smallest absolute Gasteiger partial charge is 0.337 e. The Kier molecular flexibility index (Phi) is 6.20. The summed E-state index contributed by atoms with van der Waals surface area (Å²) in [6.45, 7) is 0. The van der Waals surface area contributed by atoms with Crippen molar-refractivity contribution in [2.75, 3.05) is 19.1 Å². The Morgan fingerprint density at radius 1 is 1.00 bits per heavy atom. The Hall–Kier alpha value is -4.17. The highest BCUT2D eigenvalue weighted by Gasteiger charge is 2.42. The number of nitrogens with one attached hydrogen (secondary N) is 1. The normalized spacial score (nSPS) is 17.2. The molecule has 2 aromatic heterocycles. The Balaban J connectivity index is 1.53. The van der Waals surface area contributed by atoms with E-state index in [1.165, 1.54) is 7.11 Å². The first kappa shape index (κ1) is 22.6. The molecule has 0 aliphatic carbocycles. The molecule has 5 rings (SSSR count). The summed E-state index contributed by atoms with van der Waals surface area (Å²) in [4.78, 5) is 18.4. The quantitative estimate of drug-likeness (QED) is 0.291. The molecule has 1 fully saturated rings. The Morgan fingerprint density at radius 2 is 1.77 bits per heavy atom. The molecular weight excluding hydrogens is 462 g/mol. The second-order valence-corrected chi connectivity index (χ2v) is 8.35. The fourth-order valence-corrected chi connectivity index (χ4v) is 4.57. The van der Waals surface area contributed by atoms with Gasteiger partial charge in [-0.3, -0.25) is 4.98 Å². The van der Waals surface area contributed by atoms with E-state index in [0.29, 0.717) is 16.4 Å². The van der Waals surface area contributed by atoms with Gasteiger partial charge in [-0.1, -0.05) is 18.2 Å². The molecule has 3 heterocycles. The molecule has 0 amide bonds. The van der Waals surface area contributed by atoms with Gasteiger partial charge in [0.1, 0.15) is 23.3 Å². The first-order valence-corrected chi connectivity index (χ1v) is 11.4. The van der Waals surface area contributed by atoms with Crippen LogP contribution in [0.3, 0.4) is 0 Å². The van der Waals surface area contributed by atoms with Crippen LogP contribution in [-0.4, -0.2) is 30.3 Å². The van der Waals surface area contributed by atoms with Crippen molar-refractivity contribution in [1.82, 2.24) is 10.3 Å². The highest BCUT2D eigenvalue weighted by Crippen LogP contribution is 2.43. The minimum absolute atomic E-state index is 0.216. The predicted octanol–water partition coefficient (Wildman–Crippen LogP) is 5.31. The van der Waals surface area contributed by atoms with E-state index in [4.69, 9.17) is 26.1 Å². The molecule has 1 aliphatic rings. The van der Waals surface area contributed by atoms with Crippen LogP contribution in [0.5, 0.6) is 5.75 Å². The summed E-state index contributed by atoms with van der Waals surface area (Å²) in [7, 11) is 3.00. The lowest BCUT2D eigenvalue weighted by Gasteiger charge is -2.26. The lowest BCUT2D eigenvalue weighted by atomic mass is 10.0. The van der Waals surface area contributed by atoms with Gasteiger partial charge >= 0.3 is 5.97 Å². The van der Waals surface area contributed by atoms with Crippen LogP contribution in [0.15, 0.2) is 89.5 Å². The minimum atomic E-state index is -0.379. The zero-order chi connectivity index (χ0) is 24.4. The Bertz CT molecular complexity index is 1340. The van der Waals surface area contributed by atoms with Crippen molar-refractivity contribution in [1.29, 1.82) is 0 Å². The summed E-state index contributed by atoms with van der Waals surface area (Å²) < 4.78 is 16.5. The second kappa shape index (κ2) is 9.60. The molecular formula is C27H23N3O4S. The number of carbonyl (C=O) groups is 1. The van der Waals surface area contributed by atoms with Crippen molar-refractivity contribution in [2.24, 2.45) is 0 Å². The monoisotopic (exact) mass is 485 g/mol. The summed E-state index contributed by atoms with van der Waals surface area (Å²) in [6, 6.07) is 24.1. The van der Waals surface area contributed by atoms with Gasteiger partial charge in [-0.05, 0) is 72.9 Å². The van der Waals surface area contributed by atoms with E-state index in [1.54, 1.807) is 25.4 Å². The summed E-state index contributed by atoms with van der Waals surface area (Å²) in [6.07, 6.45) is 1.77. The number of aromatic nitrogens is 1. The van der Waals surface area contributed by atoms with Gasteiger partial charge in [0.2, 0.25) is 0 Å². The van der Waals surface area contributed by atoms with Crippen molar-refractivity contribution in [3.8, 4) is 17.1 Å². The van der Waals surface area contributed by atoms with Crippen molar-refractivity contribution in [3.05, 3.63) is 102 Å². The summed E-state index contributed by atoms with van der Waals surface area (Å²) in [5, 5.41) is 4.00. The van der Waals surface area contributed by atoms with Gasteiger partial charge in [0, 0.05) is 17.4 Å². The molecule has 35 heavy (non-hydrogen) atoms. The van der Waals surface area contributed by atoms with Crippen LogP contribution in [0, 0.1) is 0 Å². The van der Waals surface area contributed by atoms with E-state index < -0.39 is 0 Å². The molecule has 2 atom stereocenters. The van der Waals surface area contributed by atoms with E-state index in [9.17, 15) is 4.79 Å². The van der Waals surface area contributed by atoms with E-state index in [1.807, 2.05) is 71.6 Å². The number of carbonyl (C=O) groups excluding carboxylic acids is 1. The number of methoxy groups -OCH3 is 2. The zero-order valence-corrected chi connectivity index (χ0v) is 20.0. The molecule has 176 valence electrons. The van der Waals surface area contributed by atoms with Crippen molar-refractivity contribution >= 4 is 29.0 Å². The molecule has 7 nitrogen and oxygen atoms in total. The number of furan rings is 1. The summed E-state index contributed by atoms with van der Waals surface area (Å²) in [5.41, 5.74) is 3.10.